The number of non-ortho nitro benzene ring substituents is 1. The van der Waals surface area contributed by atoms with E-state index in [-0.39, 0.29) is 30.2 Å². The molecule has 0 aliphatic carbocycles. The monoisotopic (exact) mass is 404 g/mol. The van der Waals surface area contributed by atoms with Gasteiger partial charge in [0.1, 0.15) is 0 Å². The zero-order valence-electron chi connectivity index (χ0n) is 12.5. The van der Waals surface area contributed by atoms with Crippen LogP contribution in [0.2, 0.25) is 0 Å². The predicted octanol–water partition coefficient (Wildman–Crippen LogP) is 2.88. The molecule has 25 heavy (non-hydrogen) atoms. The number of carbonyl (C=O) groups is 2. The fourth-order valence-corrected chi connectivity index (χ4v) is 3.23. The van der Waals surface area contributed by atoms with E-state index in [1.165, 1.54) is 12.1 Å². The lowest BCUT2D eigenvalue weighted by Gasteiger charge is -2.15. The van der Waals surface area contributed by atoms with Gasteiger partial charge in [0, 0.05) is 16.6 Å². The van der Waals surface area contributed by atoms with Gasteiger partial charge in [-0.2, -0.15) is 0 Å². The van der Waals surface area contributed by atoms with Crippen LogP contribution in [0.15, 0.2) is 34.8 Å². The van der Waals surface area contributed by atoms with Crippen LogP contribution in [-0.2, 0) is 6.54 Å². The second-order valence-electron chi connectivity index (χ2n) is 5.48. The number of hydrogen-bond acceptors (Lipinski definition) is 6. The highest BCUT2D eigenvalue weighted by Gasteiger charge is 2.37. The van der Waals surface area contributed by atoms with Gasteiger partial charge in [0.05, 0.1) is 22.6 Å². The zero-order valence-corrected chi connectivity index (χ0v) is 14.1. The van der Waals surface area contributed by atoms with Gasteiger partial charge in [-0.15, -0.1) is 0 Å². The first-order chi connectivity index (χ1) is 12.0. The Morgan fingerprint density at radius 3 is 2.48 bits per heavy atom. The first kappa shape index (κ1) is 15.6. The van der Waals surface area contributed by atoms with Crippen molar-refractivity contribution in [3.63, 3.8) is 0 Å². The van der Waals surface area contributed by atoms with Crippen molar-refractivity contribution >= 4 is 33.4 Å². The van der Waals surface area contributed by atoms with E-state index in [0.29, 0.717) is 21.5 Å². The van der Waals surface area contributed by atoms with Gasteiger partial charge in [-0.05, 0) is 23.8 Å². The number of hydrogen-bond donors (Lipinski definition) is 0. The summed E-state index contributed by atoms with van der Waals surface area (Å²) in [7, 11) is 0. The summed E-state index contributed by atoms with van der Waals surface area (Å²) in [5, 5.41) is 10.9. The average Bonchev–Trinajstić information content (AvgIpc) is 3.13. The summed E-state index contributed by atoms with van der Waals surface area (Å²) in [5.74, 6) is 0.0618. The zero-order chi connectivity index (χ0) is 17.7. The molecule has 2 aromatic carbocycles. The number of nitro groups is 1. The summed E-state index contributed by atoms with van der Waals surface area (Å²) < 4.78 is 11.2. The minimum absolute atomic E-state index is 0.0113. The van der Waals surface area contributed by atoms with Crippen LogP contribution in [0.3, 0.4) is 0 Å². The van der Waals surface area contributed by atoms with Crippen molar-refractivity contribution in [3.8, 4) is 11.5 Å². The van der Waals surface area contributed by atoms with Crippen LogP contribution >= 0.6 is 15.9 Å². The van der Waals surface area contributed by atoms with Crippen LogP contribution in [0.5, 0.6) is 11.5 Å². The molecule has 0 fully saturated rings. The Labute approximate surface area is 149 Å². The summed E-state index contributed by atoms with van der Waals surface area (Å²) in [6.07, 6.45) is 0. The minimum atomic E-state index is -0.602. The maximum atomic E-state index is 12.5. The third-order valence-corrected chi connectivity index (χ3v) is 4.77. The van der Waals surface area contributed by atoms with Crippen molar-refractivity contribution in [3.05, 3.63) is 61.6 Å². The number of nitrogens with zero attached hydrogens (tertiary/aromatic N) is 2. The van der Waals surface area contributed by atoms with Gasteiger partial charge in [0.25, 0.3) is 17.5 Å². The standard InChI is InChI=1S/C16H9BrN2O6/c17-12-5-14-13(24-7-25-14)3-8(12)6-18-15(20)10-2-1-9(19(22)23)4-11(10)16(18)21/h1-5H,6-7H2. The smallest absolute Gasteiger partial charge is 0.270 e. The molecule has 2 aliphatic heterocycles. The van der Waals surface area contributed by atoms with Gasteiger partial charge in [0.2, 0.25) is 6.79 Å². The van der Waals surface area contributed by atoms with E-state index in [2.05, 4.69) is 15.9 Å². The number of fused-ring (bicyclic) bond motifs is 2. The Morgan fingerprint density at radius 1 is 1.08 bits per heavy atom. The number of ether oxygens (including phenoxy) is 2. The molecular weight excluding hydrogens is 396 g/mol. The Bertz CT molecular complexity index is 958. The molecule has 2 heterocycles. The van der Waals surface area contributed by atoms with Gasteiger partial charge in [0.15, 0.2) is 11.5 Å². The van der Waals surface area contributed by atoms with E-state index in [4.69, 9.17) is 9.47 Å². The molecule has 0 aromatic heterocycles. The molecule has 0 bridgehead atoms. The molecule has 8 nitrogen and oxygen atoms in total. The molecule has 2 aliphatic rings. The van der Waals surface area contributed by atoms with Gasteiger partial charge in [-0.3, -0.25) is 24.6 Å². The second kappa shape index (κ2) is 5.55. The molecule has 0 spiro atoms. The number of nitro benzene ring substituents is 1. The summed E-state index contributed by atoms with van der Waals surface area (Å²) in [5.41, 5.74) is 0.628. The quantitative estimate of drug-likeness (QED) is 0.443. The number of imide groups is 1. The van der Waals surface area contributed by atoms with E-state index in [9.17, 15) is 19.7 Å². The molecule has 2 aromatic rings. The van der Waals surface area contributed by atoms with Gasteiger partial charge in [-0.1, -0.05) is 15.9 Å². The first-order valence-corrected chi connectivity index (χ1v) is 7.97. The molecule has 2 amide bonds. The number of amides is 2. The molecule has 0 radical (unpaired) electrons. The number of halogens is 1. The van der Waals surface area contributed by atoms with E-state index in [1.807, 2.05) is 0 Å². The van der Waals surface area contributed by atoms with Crippen LogP contribution in [0.25, 0.3) is 0 Å². The van der Waals surface area contributed by atoms with E-state index in [0.717, 1.165) is 11.0 Å². The summed E-state index contributed by atoms with van der Waals surface area (Å²) in [4.78, 5) is 36.4. The highest BCUT2D eigenvalue weighted by Crippen LogP contribution is 2.38. The molecule has 0 N–H and O–H groups in total. The van der Waals surface area contributed by atoms with E-state index in [1.54, 1.807) is 12.1 Å². The van der Waals surface area contributed by atoms with Gasteiger partial charge >= 0.3 is 0 Å². The van der Waals surface area contributed by atoms with Crippen LogP contribution in [-0.4, -0.2) is 28.4 Å². The third kappa shape index (κ3) is 2.43. The van der Waals surface area contributed by atoms with Crippen LogP contribution in [0.4, 0.5) is 5.69 Å². The van der Waals surface area contributed by atoms with Crippen molar-refractivity contribution in [2.75, 3.05) is 6.79 Å². The van der Waals surface area contributed by atoms with Gasteiger partial charge in [-0.25, -0.2) is 0 Å². The van der Waals surface area contributed by atoms with Crippen molar-refractivity contribution in [1.82, 2.24) is 4.90 Å². The second-order valence-corrected chi connectivity index (χ2v) is 6.33. The van der Waals surface area contributed by atoms with Crippen LogP contribution < -0.4 is 9.47 Å². The molecular formula is C16H9BrN2O6. The highest BCUT2D eigenvalue weighted by atomic mass is 79.9. The molecule has 0 saturated carbocycles. The Hall–Kier alpha value is -2.94. The summed E-state index contributed by atoms with van der Waals surface area (Å²) >= 11 is 3.39. The Balaban J connectivity index is 1.67. The van der Waals surface area contributed by atoms with Crippen molar-refractivity contribution in [1.29, 1.82) is 0 Å². The van der Waals surface area contributed by atoms with Crippen molar-refractivity contribution in [2.45, 2.75) is 6.54 Å². The maximum absolute atomic E-state index is 12.5. The van der Waals surface area contributed by atoms with E-state index >= 15 is 0 Å². The first-order valence-electron chi connectivity index (χ1n) is 7.18. The van der Waals surface area contributed by atoms with Crippen molar-refractivity contribution < 1.29 is 24.0 Å². The SMILES string of the molecule is O=C1c2ccc([N+](=O)[O-])cc2C(=O)N1Cc1cc2c(cc1Br)OCO2. The van der Waals surface area contributed by atoms with Gasteiger partial charge < -0.3 is 9.47 Å². The molecule has 0 saturated heterocycles. The lowest BCUT2D eigenvalue weighted by atomic mass is 10.1. The predicted molar refractivity (Wildman–Crippen MR) is 87.6 cm³/mol. The lowest BCUT2D eigenvalue weighted by Crippen LogP contribution is -2.29. The van der Waals surface area contributed by atoms with Crippen LogP contribution in [0.1, 0.15) is 26.3 Å². The molecule has 4 rings (SSSR count). The normalized spacial score (nSPS) is 14.8. The Kier molecular flexibility index (Phi) is 3.46. The fraction of sp³-hybridized carbons (Fsp3) is 0.125. The molecule has 9 heteroatoms. The number of rotatable bonds is 3. The Morgan fingerprint density at radius 2 is 1.76 bits per heavy atom. The van der Waals surface area contributed by atoms with Crippen LogP contribution in [0, 0.1) is 10.1 Å². The summed E-state index contributed by atoms with van der Waals surface area (Å²) in [6.45, 7) is 0.124. The van der Waals surface area contributed by atoms with E-state index < -0.39 is 16.7 Å². The third-order valence-electron chi connectivity index (χ3n) is 4.04. The molecule has 0 unspecified atom stereocenters. The number of benzene rings is 2. The lowest BCUT2D eigenvalue weighted by molar-refractivity contribution is -0.384. The maximum Gasteiger partial charge on any atom is 0.270 e. The topological polar surface area (TPSA) is 99.0 Å². The summed E-state index contributed by atoms with van der Waals surface area (Å²) in [6, 6.07) is 7.05. The minimum Gasteiger partial charge on any atom is -0.454 e. The average molecular weight is 405 g/mol. The highest BCUT2D eigenvalue weighted by molar-refractivity contribution is 9.10. The molecule has 0 atom stereocenters. The van der Waals surface area contributed by atoms with Crippen molar-refractivity contribution in [2.24, 2.45) is 0 Å². The fourth-order valence-electron chi connectivity index (χ4n) is 2.79. The largest absolute Gasteiger partial charge is 0.454 e. The molecule has 126 valence electrons. The number of carbonyl (C=O) groups excluding carboxylic acids is 2.